The van der Waals surface area contributed by atoms with Gasteiger partial charge in [-0.25, -0.2) is 4.79 Å². The molecule has 1 amide bonds. The number of rotatable bonds is 4. The van der Waals surface area contributed by atoms with E-state index in [9.17, 15) is 4.79 Å². The Morgan fingerprint density at radius 1 is 1.69 bits per heavy atom. The zero-order chi connectivity index (χ0) is 9.68. The van der Waals surface area contributed by atoms with E-state index in [1.165, 1.54) is 0 Å². The fourth-order valence-electron chi connectivity index (χ4n) is 1.12. The first-order valence-electron chi connectivity index (χ1n) is 4.18. The lowest BCUT2D eigenvalue weighted by Crippen LogP contribution is -2.23. The molecular formula is C7H14N4O2. The number of hydrogen-bond acceptors (Lipinski definition) is 3. The number of carbonyl (C=O) groups excluding carboxylic acids is 1. The van der Waals surface area contributed by atoms with Gasteiger partial charge in [-0.2, -0.15) is 0 Å². The summed E-state index contributed by atoms with van der Waals surface area (Å²) in [4.78, 5) is 14.4. The van der Waals surface area contributed by atoms with Gasteiger partial charge in [0.05, 0.1) is 6.54 Å². The van der Waals surface area contributed by atoms with Crippen LogP contribution in [0.2, 0.25) is 0 Å². The monoisotopic (exact) mass is 186 g/mol. The van der Waals surface area contributed by atoms with Crippen LogP contribution in [0.5, 0.6) is 0 Å². The van der Waals surface area contributed by atoms with Gasteiger partial charge in [0.2, 0.25) is 0 Å². The molecule has 0 aromatic carbocycles. The van der Waals surface area contributed by atoms with Crippen LogP contribution in [0.1, 0.15) is 12.8 Å². The maximum absolute atomic E-state index is 10.6. The van der Waals surface area contributed by atoms with Gasteiger partial charge in [-0.3, -0.25) is 4.99 Å². The van der Waals surface area contributed by atoms with Crippen LogP contribution in [0.25, 0.3) is 0 Å². The van der Waals surface area contributed by atoms with E-state index >= 15 is 0 Å². The largest absolute Gasteiger partial charge is 0.444 e. The van der Waals surface area contributed by atoms with Gasteiger partial charge in [0.1, 0.15) is 6.10 Å². The van der Waals surface area contributed by atoms with Gasteiger partial charge in [-0.05, 0) is 12.8 Å². The van der Waals surface area contributed by atoms with Crippen molar-refractivity contribution in [2.45, 2.75) is 18.9 Å². The van der Waals surface area contributed by atoms with Crippen molar-refractivity contribution >= 4 is 12.1 Å². The highest BCUT2D eigenvalue weighted by Gasteiger charge is 2.21. The van der Waals surface area contributed by atoms with Crippen molar-refractivity contribution in [1.29, 1.82) is 0 Å². The van der Waals surface area contributed by atoms with Crippen LogP contribution in [0, 0.1) is 0 Å². The summed E-state index contributed by atoms with van der Waals surface area (Å²) in [5.74, 6) is 0.0986. The van der Waals surface area contributed by atoms with E-state index in [2.05, 4.69) is 10.3 Å². The Labute approximate surface area is 76.3 Å². The summed E-state index contributed by atoms with van der Waals surface area (Å²) >= 11 is 0. The second kappa shape index (κ2) is 4.54. The van der Waals surface area contributed by atoms with Crippen LogP contribution in [0.4, 0.5) is 4.79 Å². The van der Waals surface area contributed by atoms with Gasteiger partial charge in [-0.15, -0.1) is 0 Å². The Balaban J connectivity index is 2.06. The Bertz CT molecular complexity index is 213. The average Bonchev–Trinajstić information content (AvgIpc) is 2.45. The smallest absolute Gasteiger partial charge is 0.407 e. The summed E-state index contributed by atoms with van der Waals surface area (Å²) in [5, 5.41) is 2.57. The van der Waals surface area contributed by atoms with Gasteiger partial charge < -0.3 is 21.5 Å². The van der Waals surface area contributed by atoms with E-state index in [1.807, 2.05) is 0 Å². The number of aliphatic imine (C=N–C) groups is 1. The quantitative estimate of drug-likeness (QED) is 0.302. The number of amides is 1. The molecule has 0 saturated carbocycles. The zero-order valence-electron chi connectivity index (χ0n) is 7.32. The van der Waals surface area contributed by atoms with Crippen molar-refractivity contribution in [2.24, 2.45) is 16.5 Å². The molecule has 1 aliphatic rings. The topological polar surface area (TPSA) is 103 Å². The van der Waals surface area contributed by atoms with Crippen molar-refractivity contribution in [2.75, 3.05) is 13.1 Å². The molecule has 1 rings (SSSR count). The van der Waals surface area contributed by atoms with E-state index in [1.54, 1.807) is 0 Å². The number of cyclic esters (lactones) is 1. The molecular weight excluding hydrogens is 172 g/mol. The van der Waals surface area contributed by atoms with E-state index in [-0.39, 0.29) is 18.2 Å². The number of nitrogens with one attached hydrogen (secondary N) is 1. The fraction of sp³-hybridized carbons (Fsp3) is 0.714. The van der Waals surface area contributed by atoms with Gasteiger partial charge in [0.25, 0.3) is 0 Å². The Morgan fingerprint density at radius 3 is 3.00 bits per heavy atom. The minimum Gasteiger partial charge on any atom is -0.444 e. The normalized spacial score (nSPS) is 20.6. The standard InChI is InChI=1S/C7H14N4O2/c8-6(9)10-3-1-2-5-4-11-7(12)13-5/h5H,1-4H2,(H,11,12)(H4,8,9,10). The minimum absolute atomic E-state index is 0.0262. The molecule has 0 aromatic rings. The van der Waals surface area contributed by atoms with Crippen LogP contribution in [-0.2, 0) is 4.74 Å². The third-order valence-electron chi connectivity index (χ3n) is 1.73. The molecule has 0 aliphatic carbocycles. The Hall–Kier alpha value is -1.46. The Morgan fingerprint density at radius 2 is 2.46 bits per heavy atom. The van der Waals surface area contributed by atoms with Crippen LogP contribution in [0.3, 0.4) is 0 Å². The van der Waals surface area contributed by atoms with Gasteiger partial charge in [-0.1, -0.05) is 0 Å². The maximum atomic E-state index is 10.6. The number of carbonyl (C=O) groups is 1. The highest BCUT2D eigenvalue weighted by molar-refractivity contribution is 5.75. The maximum Gasteiger partial charge on any atom is 0.407 e. The van der Waals surface area contributed by atoms with Gasteiger partial charge in [0, 0.05) is 6.54 Å². The molecule has 1 atom stereocenters. The first kappa shape index (κ1) is 9.63. The number of nitrogens with two attached hydrogens (primary N) is 2. The third-order valence-corrected chi connectivity index (χ3v) is 1.73. The van der Waals surface area contributed by atoms with Gasteiger partial charge >= 0.3 is 6.09 Å². The van der Waals surface area contributed by atoms with E-state index in [4.69, 9.17) is 16.2 Å². The SMILES string of the molecule is NC(N)=NCCCC1CNC(=O)O1. The molecule has 5 N–H and O–H groups in total. The second-order valence-corrected chi connectivity index (χ2v) is 2.86. The van der Waals surface area contributed by atoms with Crippen molar-refractivity contribution in [1.82, 2.24) is 5.32 Å². The summed E-state index contributed by atoms with van der Waals surface area (Å²) in [6.07, 6.45) is 1.24. The number of guanidine groups is 1. The number of alkyl carbamates (subject to hydrolysis) is 1. The second-order valence-electron chi connectivity index (χ2n) is 2.86. The molecule has 0 spiro atoms. The van der Waals surface area contributed by atoms with E-state index < -0.39 is 0 Å². The predicted molar refractivity (Wildman–Crippen MR) is 48.2 cm³/mol. The fourth-order valence-corrected chi connectivity index (χ4v) is 1.12. The lowest BCUT2D eigenvalue weighted by atomic mass is 10.2. The van der Waals surface area contributed by atoms with Crippen LogP contribution >= 0.6 is 0 Å². The predicted octanol–water partition coefficient (Wildman–Crippen LogP) is -0.852. The molecule has 1 fully saturated rings. The molecule has 0 radical (unpaired) electrons. The van der Waals surface area contributed by atoms with Crippen molar-refractivity contribution in [3.8, 4) is 0 Å². The van der Waals surface area contributed by atoms with Crippen molar-refractivity contribution < 1.29 is 9.53 Å². The molecule has 6 heteroatoms. The molecule has 6 nitrogen and oxygen atoms in total. The highest BCUT2D eigenvalue weighted by atomic mass is 16.6. The molecule has 1 saturated heterocycles. The molecule has 1 heterocycles. The van der Waals surface area contributed by atoms with E-state index in [0.717, 1.165) is 12.8 Å². The summed E-state index contributed by atoms with van der Waals surface area (Å²) in [7, 11) is 0. The molecule has 0 aromatic heterocycles. The number of hydrogen-bond donors (Lipinski definition) is 3. The first-order valence-corrected chi connectivity index (χ1v) is 4.18. The van der Waals surface area contributed by atoms with Crippen LogP contribution in [0.15, 0.2) is 4.99 Å². The van der Waals surface area contributed by atoms with Crippen LogP contribution < -0.4 is 16.8 Å². The molecule has 1 aliphatic heterocycles. The molecule has 0 bridgehead atoms. The molecule has 13 heavy (non-hydrogen) atoms. The summed E-state index contributed by atoms with van der Waals surface area (Å²) in [5.41, 5.74) is 10.3. The Kier molecular flexibility index (Phi) is 3.36. The lowest BCUT2D eigenvalue weighted by Gasteiger charge is -2.04. The van der Waals surface area contributed by atoms with Gasteiger partial charge in [0.15, 0.2) is 5.96 Å². The number of nitrogens with zero attached hydrogens (tertiary/aromatic N) is 1. The average molecular weight is 186 g/mol. The summed E-state index contributed by atoms with van der Waals surface area (Å²) < 4.78 is 4.91. The zero-order valence-corrected chi connectivity index (χ0v) is 7.32. The number of ether oxygens (including phenoxy) is 1. The highest BCUT2D eigenvalue weighted by Crippen LogP contribution is 2.06. The molecule has 74 valence electrons. The summed E-state index contributed by atoms with van der Waals surface area (Å²) in [6.45, 7) is 1.16. The minimum atomic E-state index is -0.341. The lowest BCUT2D eigenvalue weighted by molar-refractivity contribution is 0.135. The first-order chi connectivity index (χ1) is 6.18. The van der Waals surface area contributed by atoms with Crippen molar-refractivity contribution in [3.63, 3.8) is 0 Å². The van der Waals surface area contributed by atoms with Crippen LogP contribution in [-0.4, -0.2) is 31.2 Å². The van der Waals surface area contributed by atoms with E-state index in [0.29, 0.717) is 13.1 Å². The summed E-state index contributed by atoms with van der Waals surface area (Å²) in [6, 6.07) is 0. The third kappa shape index (κ3) is 3.64. The van der Waals surface area contributed by atoms with Crippen molar-refractivity contribution in [3.05, 3.63) is 0 Å². The molecule has 1 unspecified atom stereocenters.